The lowest BCUT2D eigenvalue weighted by Gasteiger charge is -2.31. The van der Waals surface area contributed by atoms with Gasteiger partial charge in [0.15, 0.2) is 0 Å². The molecule has 2 heterocycles. The minimum absolute atomic E-state index is 0.0369. The first-order valence-electron chi connectivity index (χ1n) is 10.9. The van der Waals surface area contributed by atoms with Gasteiger partial charge in [-0.2, -0.15) is 5.26 Å². The Morgan fingerprint density at radius 3 is 2.81 bits per heavy atom. The summed E-state index contributed by atoms with van der Waals surface area (Å²) in [4.78, 5) is 36.6. The highest BCUT2D eigenvalue weighted by molar-refractivity contribution is 5.98. The van der Waals surface area contributed by atoms with Gasteiger partial charge in [-0.1, -0.05) is 6.07 Å². The van der Waals surface area contributed by atoms with E-state index in [2.05, 4.69) is 16.7 Å². The number of piperidine rings is 1. The van der Waals surface area contributed by atoms with Gasteiger partial charge in [0.25, 0.3) is 5.91 Å². The third-order valence-electron chi connectivity index (χ3n) is 6.49. The molecule has 8 nitrogen and oxygen atoms in total. The zero-order valence-corrected chi connectivity index (χ0v) is 17.6. The van der Waals surface area contributed by atoms with Gasteiger partial charge in [-0.15, -0.1) is 0 Å². The van der Waals surface area contributed by atoms with Crippen molar-refractivity contribution in [1.29, 1.82) is 5.26 Å². The Morgan fingerprint density at radius 1 is 1.41 bits per heavy atom. The minimum Gasteiger partial charge on any atom is -0.364 e. The number of carbonyl (C=O) groups is 3. The number of hydrogen-bond acceptors (Lipinski definition) is 5. The number of primary amides is 1. The maximum absolute atomic E-state index is 14.4. The highest BCUT2D eigenvalue weighted by Crippen LogP contribution is 2.39. The molecule has 168 valence electrons. The van der Waals surface area contributed by atoms with Crippen LogP contribution in [0.3, 0.4) is 0 Å². The molecule has 0 bridgehead atoms. The van der Waals surface area contributed by atoms with Gasteiger partial charge in [-0.3, -0.25) is 14.9 Å². The van der Waals surface area contributed by atoms with Crippen molar-refractivity contribution in [3.05, 3.63) is 35.8 Å². The van der Waals surface area contributed by atoms with Gasteiger partial charge in [0.05, 0.1) is 17.6 Å². The van der Waals surface area contributed by atoms with Gasteiger partial charge in [-0.05, 0) is 56.2 Å². The molecule has 1 saturated carbocycles. The molecule has 1 aliphatic carbocycles. The maximum atomic E-state index is 14.4. The molecule has 2 fully saturated rings. The first-order valence-corrected chi connectivity index (χ1v) is 10.9. The van der Waals surface area contributed by atoms with Gasteiger partial charge >= 0.3 is 0 Å². The Kier molecular flexibility index (Phi) is 6.24. The SMILES string of the molecule is N#C[C@H](C[C@@H]1CCCNC1=O)NC(C1CC1)[C@@H](C=O)n1c(C(N)=O)cc2c(F)cccc21. The molecule has 4 N–H and O–H groups in total. The van der Waals surface area contributed by atoms with Crippen LogP contribution < -0.4 is 16.4 Å². The molecule has 2 aliphatic rings. The molecule has 9 heteroatoms. The second kappa shape index (κ2) is 9.09. The monoisotopic (exact) mass is 439 g/mol. The minimum atomic E-state index is -0.861. The largest absolute Gasteiger partial charge is 0.364 e. The highest BCUT2D eigenvalue weighted by Gasteiger charge is 2.40. The lowest BCUT2D eigenvalue weighted by Crippen LogP contribution is -2.48. The van der Waals surface area contributed by atoms with Crippen LogP contribution in [-0.4, -0.2) is 41.3 Å². The molecule has 0 radical (unpaired) electrons. The molecule has 4 rings (SSSR count). The number of nitrogens with two attached hydrogens (primary N) is 1. The molecule has 1 unspecified atom stereocenters. The molecule has 32 heavy (non-hydrogen) atoms. The van der Waals surface area contributed by atoms with Gasteiger partial charge in [-0.25, -0.2) is 4.39 Å². The average molecular weight is 439 g/mol. The molecule has 1 aliphatic heterocycles. The standard InChI is InChI=1S/C23H26FN5O3/c24-17-4-1-5-18-16(17)10-19(22(26)31)29(18)20(12-30)21(13-6-7-13)28-15(11-25)9-14-3-2-8-27-23(14)32/h1,4-5,10,12-15,20-21,28H,2-3,6-9H2,(H2,26,31)(H,27,32)/t14-,15-,20+,21?/m0/s1. The Morgan fingerprint density at radius 2 is 2.19 bits per heavy atom. The third-order valence-corrected chi connectivity index (χ3v) is 6.49. The number of aldehydes is 1. The molecule has 2 aromatic rings. The summed E-state index contributed by atoms with van der Waals surface area (Å²) in [5.41, 5.74) is 5.99. The van der Waals surface area contributed by atoms with Gasteiger partial charge in [0.1, 0.15) is 23.8 Å². The van der Waals surface area contributed by atoms with Crippen molar-refractivity contribution in [3.8, 4) is 6.07 Å². The fourth-order valence-corrected chi connectivity index (χ4v) is 4.74. The number of nitriles is 1. The lowest BCUT2D eigenvalue weighted by atomic mass is 9.91. The van der Waals surface area contributed by atoms with E-state index in [0.29, 0.717) is 31.2 Å². The van der Waals surface area contributed by atoms with Crippen LogP contribution in [0, 0.1) is 29.0 Å². The number of nitrogens with one attached hydrogen (secondary N) is 2. The van der Waals surface area contributed by atoms with E-state index in [1.54, 1.807) is 6.07 Å². The van der Waals surface area contributed by atoms with Crippen molar-refractivity contribution in [1.82, 2.24) is 15.2 Å². The van der Waals surface area contributed by atoms with Crippen molar-refractivity contribution in [3.63, 3.8) is 0 Å². The predicted molar refractivity (Wildman–Crippen MR) is 115 cm³/mol. The van der Waals surface area contributed by atoms with Crippen LogP contribution in [-0.2, 0) is 9.59 Å². The number of benzene rings is 1. The fraction of sp³-hybridized carbons (Fsp3) is 0.478. The highest BCUT2D eigenvalue weighted by atomic mass is 19.1. The molecular formula is C23H26FN5O3. The van der Waals surface area contributed by atoms with E-state index < -0.39 is 29.8 Å². The number of rotatable bonds is 9. The average Bonchev–Trinajstić information content (AvgIpc) is 3.55. The van der Waals surface area contributed by atoms with E-state index >= 15 is 0 Å². The Balaban J connectivity index is 1.67. The molecular weight excluding hydrogens is 413 g/mol. The van der Waals surface area contributed by atoms with E-state index in [-0.39, 0.29) is 28.8 Å². The summed E-state index contributed by atoms with van der Waals surface area (Å²) in [7, 11) is 0. The lowest BCUT2D eigenvalue weighted by molar-refractivity contribution is -0.127. The van der Waals surface area contributed by atoms with E-state index in [1.807, 2.05) is 0 Å². The maximum Gasteiger partial charge on any atom is 0.265 e. The number of carbonyl (C=O) groups excluding carboxylic acids is 3. The van der Waals surface area contributed by atoms with Gasteiger partial charge < -0.3 is 20.4 Å². The Labute approximate surface area is 184 Å². The van der Waals surface area contributed by atoms with Gasteiger partial charge in [0.2, 0.25) is 5.91 Å². The van der Waals surface area contributed by atoms with Crippen molar-refractivity contribution >= 4 is 29.0 Å². The van der Waals surface area contributed by atoms with Crippen LogP contribution in [0.2, 0.25) is 0 Å². The second-order valence-electron chi connectivity index (χ2n) is 8.64. The zero-order chi connectivity index (χ0) is 22.8. The van der Waals surface area contributed by atoms with Gasteiger partial charge in [0, 0.05) is 23.9 Å². The number of hydrogen-bond donors (Lipinski definition) is 3. The predicted octanol–water partition coefficient (Wildman–Crippen LogP) is 1.80. The summed E-state index contributed by atoms with van der Waals surface area (Å²) in [5, 5.41) is 16.1. The van der Waals surface area contributed by atoms with Crippen molar-refractivity contribution in [2.45, 2.75) is 50.2 Å². The van der Waals surface area contributed by atoms with E-state index in [4.69, 9.17) is 5.73 Å². The van der Waals surface area contributed by atoms with Crippen LogP contribution in [0.5, 0.6) is 0 Å². The number of amides is 2. The van der Waals surface area contributed by atoms with Crippen LogP contribution in [0.4, 0.5) is 4.39 Å². The number of nitrogens with zero attached hydrogens (tertiary/aromatic N) is 2. The second-order valence-corrected chi connectivity index (χ2v) is 8.64. The van der Waals surface area contributed by atoms with Crippen LogP contribution in [0.15, 0.2) is 24.3 Å². The Hall–Kier alpha value is -3.25. The Bertz CT molecular complexity index is 1090. The quantitative estimate of drug-likeness (QED) is 0.513. The summed E-state index contributed by atoms with van der Waals surface area (Å²) in [5.74, 6) is -1.48. The third kappa shape index (κ3) is 4.23. The van der Waals surface area contributed by atoms with Crippen LogP contribution in [0.1, 0.15) is 48.6 Å². The summed E-state index contributed by atoms with van der Waals surface area (Å²) >= 11 is 0. The number of aromatic nitrogens is 1. The first-order chi connectivity index (χ1) is 15.4. The summed E-state index contributed by atoms with van der Waals surface area (Å²) in [6, 6.07) is 6.06. The van der Waals surface area contributed by atoms with Crippen LogP contribution in [0.25, 0.3) is 10.9 Å². The molecule has 1 saturated heterocycles. The summed E-state index contributed by atoms with van der Waals surface area (Å²) < 4.78 is 15.9. The molecule has 4 atom stereocenters. The molecule has 1 aromatic carbocycles. The smallest absolute Gasteiger partial charge is 0.265 e. The van der Waals surface area contributed by atoms with E-state index in [9.17, 15) is 24.0 Å². The fourth-order valence-electron chi connectivity index (χ4n) is 4.74. The van der Waals surface area contributed by atoms with Crippen molar-refractivity contribution in [2.75, 3.05) is 6.54 Å². The first kappa shape index (κ1) is 22.0. The molecule has 1 aromatic heterocycles. The molecule has 0 spiro atoms. The van der Waals surface area contributed by atoms with Crippen molar-refractivity contribution in [2.24, 2.45) is 17.6 Å². The summed E-state index contributed by atoms with van der Waals surface area (Å²) in [6.07, 6.45) is 4.35. The number of halogens is 1. The van der Waals surface area contributed by atoms with E-state index in [0.717, 1.165) is 19.3 Å². The van der Waals surface area contributed by atoms with Crippen molar-refractivity contribution < 1.29 is 18.8 Å². The summed E-state index contributed by atoms with van der Waals surface area (Å²) in [6.45, 7) is 0.644. The zero-order valence-electron chi connectivity index (χ0n) is 17.6. The number of fused-ring (bicyclic) bond motifs is 1. The normalized spacial score (nSPS) is 21.4. The van der Waals surface area contributed by atoms with E-state index in [1.165, 1.54) is 22.8 Å². The molecule has 2 amide bonds. The van der Waals surface area contributed by atoms with Crippen LogP contribution >= 0.6 is 0 Å². The topological polar surface area (TPSA) is 130 Å².